The number of hydrogen-bond acceptors (Lipinski definition) is 2. The van der Waals surface area contributed by atoms with Gasteiger partial charge in [0.15, 0.2) is 5.96 Å². The van der Waals surface area contributed by atoms with Gasteiger partial charge in [0.25, 0.3) is 0 Å². The van der Waals surface area contributed by atoms with Crippen LogP contribution in [0.15, 0.2) is 29.3 Å². The minimum atomic E-state index is 0. The van der Waals surface area contributed by atoms with Gasteiger partial charge in [0.1, 0.15) is 0 Å². The Morgan fingerprint density at radius 1 is 1.36 bits per heavy atom. The minimum Gasteiger partial charge on any atom is -0.377 e. The van der Waals surface area contributed by atoms with Crippen LogP contribution in [0.5, 0.6) is 0 Å². The van der Waals surface area contributed by atoms with E-state index in [0.29, 0.717) is 18.1 Å². The molecular formula is C19H29ClIN3O. The highest BCUT2D eigenvalue weighted by molar-refractivity contribution is 14.0. The number of benzene rings is 1. The van der Waals surface area contributed by atoms with E-state index in [0.717, 1.165) is 43.4 Å². The quantitative estimate of drug-likeness (QED) is 0.293. The normalized spacial score (nSPS) is 27.0. The Bertz CT molecular complexity index is 608. The molecule has 2 aliphatic rings. The van der Waals surface area contributed by atoms with Crippen molar-refractivity contribution in [3.63, 3.8) is 0 Å². The van der Waals surface area contributed by atoms with Crippen LogP contribution in [0.1, 0.15) is 32.3 Å². The van der Waals surface area contributed by atoms with Crippen molar-refractivity contribution in [2.45, 2.75) is 45.3 Å². The van der Waals surface area contributed by atoms with Crippen molar-refractivity contribution in [2.75, 3.05) is 20.2 Å². The maximum Gasteiger partial charge on any atom is 0.191 e. The summed E-state index contributed by atoms with van der Waals surface area (Å²) >= 11 is 6.20. The summed E-state index contributed by atoms with van der Waals surface area (Å²) < 4.78 is 5.86. The number of fused-ring (bicyclic) bond motifs is 1. The van der Waals surface area contributed by atoms with Crippen molar-refractivity contribution in [1.82, 2.24) is 10.6 Å². The zero-order chi connectivity index (χ0) is 17.2. The van der Waals surface area contributed by atoms with Gasteiger partial charge in [0, 0.05) is 42.6 Å². The molecule has 0 radical (unpaired) electrons. The van der Waals surface area contributed by atoms with E-state index in [1.165, 1.54) is 5.56 Å². The van der Waals surface area contributed by atoms with Crippen molar-refractivity contribution in [1.29, 1.82) is 0 Å². The van der Waals surface area contributed by atoms with Crippen LogP contribution in [-0.2, 0) is 11.2 Å². The van der Waals surface area contributed by atoms with Crippen molar-refractivity contribution in [2.24, 2.45) is 16.3 Å². The van der Waals surface area contributed by atoms with E-state index in [-0.39, 0.29) is 29.4 Å². The summed E-state index contributed by atoms with van der Waals surface area (Å²) in [7, 11) is 1.83. The zero-order valence-electron chi connectivity index (χ0n) is 15.2. The van der Waals surface area contributed by atoms with Crippen molar-refractivity contribution < 1.29 is 4.74 Å². The van der Waals surface area contributed by atoms with E-state index in [1.54, 1.807) is 0 Å². The van der Waals surface area contributed by atoms with Gasteiger partial charge in [0.2, 0.25) is 0 Å². The van der Waals surface area contributed by atoms with Gasteiger partial charge in [-0.25, -0.2) is 0 Å². The van der Waals surface area contributed by atoms with Gasteiger partial charge < -0.3 is 15.4 Å². The topological polar surface area (TPSA) is 45.7 Å². The zero-order valence-corrected chi connectivity index (χ0v) is 18.3. The molecule has 2 fully saturated rings. The summed E-state index contributed by atoms with van der Waals surface area (Å²) in [4.78, 5) is 4.38. The van der Waals surface area contributed by atoms with E-state index < -0.39 is 0 Å². The number of hydrogen-bond donors (Lipinski definition) is 2. The van der Waals surface area contributed by atoms with Crippen molar-refractivity contribution in [3.8, 4) is 0 Å². The molecule has 4 nitrogen and oxygen atoms in total. The Balaban J connectivity index is 0.00000225. The van der Waals surface area contributed by atoms with E-state index in [2.05, 4.69) is 35.5 Å². The molecule has 3 rings (SSSR count). The predicted octanol–water partition coefficient (Wildman–Crippen LogP) is 3.87. The minimum absolute atomic E-state index is 0. The number of guanidine groups is 1. The van der Waals surface area contributed by atoms with Crippen LogP contribution >= 0.6 is 35.6 Å². The molecule has 6 heteroatoms. The summed E-state index contributed by atoms with van der Waals surface area (Å²) in [5.74, 6) is 1.50. The molecule has 1 aliphatic heterocycles. The first-order valence-electron chi connectivity index (χ1n) is 8.86. The molecule has 1 heterocycles. The molecule has 140 valence electrons. The van der Waals surface area contributed by atoms with E-state index in [1.807, 2.05) is 25.2 Å². The number of halogens is 2. The highest BCUT2D eigenvalue weighted by Gasteiger charge is 2.59. The average molecular weight is 478 g/mol. The highest BCUT2D eigenvalue weighted by atomic mass is 127. The van der Waals surface area contributed by atoms with E-state index in [4.69, 9.17) is 16.3 Å². The summed E-state index contributed by atoms with van der Waals surface area (Å²) in [5, 5.41) is 7.89. The Hall–Kier alpha value is -0.530. The molecular weight excluding hydrogens is 449 g/mol. The van der Waals surface area contributed by atoms with Crippen molar-refractivity contribution >= 4 is 41.5 Å². The van der Waals surface area contributed by atoms with Gasteiger partial charge in [0.05, 0.1) is 6.10 Å². The number of rotatable bonds is 5. The molecule has 1 saturated carbocycles. The lowest BCUT2D eigenvalue weighted by atomic mass is 9.57. The monoisotopic (exact) mass is 477 g/mol. The second-order valence-electron chi connectivity index (χ2n) is 7.38. The van der Waals surface area contributed by atoms with Crippen molar-refractivity contribution in [3.05, 3.63) is 34.9 Å². The molecule has 0 spiro atoms. The van der Waals surface area contributed by atoms with Gasteiger partial charge in [-0.2, -0.15) is 0 Å². The van der Waals surface area contributed by atoms with Crippen LogP contribution in [0.25, 0.3) is 0 Å². The first kappa shape index (κ1) is 20.8. The number of ether oxygens (including phenoxy) is 1. The lowest BCUT2D eigenvalue weighted by Gasteiger charge is -2.54. The second kappa shape index (κ2) is 8.91. The Morgan fingerprint density at radius 2 is 2.12 bits per heavy atom. The van der Waals surface area contributed by atoms with E-state index >= 15 is 0 Å². The Kier molecular flexibility index (Phi) is 7.40. The molecule has 0 aromatic heterocycles. The largest absolute Gasteiger partial charge is 0.377 e. The first-order valence-corrected chi connectivity index (χ1v) is 9.24. The number of nitrogens with zero attached hydrogens (tertiary/aromatic N) is 1. The van der Waals surface area contributed by atoms with Gasteiger partial charge in [-0.15, -0.1) is 24.0 Å². The number of aliphatic imine (C=N–C) groups is 1. The molecule has 0 bridgehead atoms. The van der Waals surface area contributed by atoms with Gasteiger partial charge >= 0.3 is 0 Å². The smallest absolute Gasteiger partial charge is 0.191 e. The third-order valence-corrected chi connectivity index (χ3v) is 5.86. The van der Waals surface area contributed by atoms with Crippen LogP contribution in [0, 0.1) is 11.3 Å². The van der Waals surface area contributed by atoms with Crippen LogP contribution in [-0.4, -0.2) is 38.3 Å². The molecule has 1 aromatic rings. The van der Waals surface area contributed by atoms with Crippen LogP contribution in [0.4, 0.5) is 0 Å². The lowest BCUT2D eigenvalue weighted by molar-refractivity contribution is -0.106. The molecule has 1 aliphatic carbocycles. The van der Waals surface area contributed by atoms with Gasteiger partial charge in [-0.1, -0.05) is 43.6 Å². The molecule has 2 N–H and O–H groups in total. The summed E-state index contributed by atoms with van der Waals surface area (Å²) in [5.41, 5.74) is 1.37. The Labute approximate surface area is 173 Å². The average Bonchev–Trinajstić information content (AvgIpc) is 3.02. The molecule has 3 unspecified atom stereocenters. The lowest BCUT2D eigenvalue weighted by Crippen LogP contribution is -2.67. The van der Waals surface area contributed by atoms with Gasteiger partial charge in [-0.3, -0.25) is 4.99 Å². The Morgan fingerprint density at radius 3 is 2.84 bits per heavy atom. The molecule has 25 heavy (non-hydrogen) atoms. The fourth-order valence-corrected chi connectivity index (χ4v) is 4.38. The molecule has 1 saturated heterocycles. The fraction of sp³-hybridized carbons (Fsp3) is 0.632. The maximum absolute atomic E-state index is 6.20. The predicted molar refractivity (Wildman–Crippen MR) is 115 cm³/mol. The fourth-order valence-electron chi connectivity index (χ4n) is 4.15. The third kappa shape index (κ3) is 4.42. The first-order chi connectivity index (χ1) is 11.5. The summed E-state index contributed by atoms with van der Waals surface area (Å²) in [6, 6.07) is 8.47. The SMILES string of the molecule is CN=C(NCCCc1ccccc1Cl)NC1C2CCOC2C1(C)C.I. The molecule has 1 aromatic carbocycles. The molecule has 0 amide bonds. The molecule has 3 atom stereocenters. The highest BCUT2D eigenvalue weighted by Crippen LogP contribution is 2.52. The van der Waals surface area contributed by atoms with Gasteiger partial charge in [-0.05, 0) is 30.9 Å². The maximum atomic E-state index is 6.20. The number of aryl methyl sites for hydroxylation is 1. The summed E-state index contributed by atoms with van der Waals surface area (Å²) in [6.45, 7) is 6.33. The van der Waals surface area contributed by atoms with Crippen LogP contribution in [0.3, 0.4) is 0 Å². The summed E-state index contributed by atoms with van der Waals surface area (Å²) in [6.07, 6.45) is 3.54. The second-order valence-corrected chi connectivity index (χ2v) is 7.79. The van der Waals surface area contributed by atoms with E-state index in [9.17, 15) is 0 Å². The number of nitrogens with one attached hydrogen (secondary N) is 2. The van der Waals surface area contributed by atoms with Crippen LogP contribution < -0.4 is 10.6 Å². The van der Waals surface area contributed by atoms with Crippen LogP contribution in [0.2, 0.25) is 5.02 Å². The third-order valence-electron chi connectivity index (χ3n) is 5.49. The standard InChI is InChI=1S/C19H28ClN3O.HI/c1-19(2)16(14-10-12-24-17(14)19)23-18(21-3)22-11-6-8-13-7-4-5-9-15(13)20;/h4-5,7,9,14,16-17H,6,8,10-12H2,1-3H3,(H2,21,22,23);1H.